The summed E-state index contributed by atoms with van der Waals surface area (Å²) in [7, 11) is 0. The highest BCUT2D eigenvalue weighted by molar-refractivity contribution is 9.10. The van der Waals surface area contributed by atoms with Crippen molar-refractivity contribution in [3.05, 3.63) is 64.2 Å². The number of rotatable bonds is 2. The molecule has 1 heterocycles. The molecule has 0 radical (unpaired) electrons. The standard InChI is InChI=1S/C15H11BrClN3/c16-11-3-1-2-10(8-11)15-14(18)9-20(19-15)13-6-4-12(17)5-7-13/h1-9H,18H2. The van der Waals surface area contributed by atoms with E-state index in [0.29, 0.717) is 10.7 Å². The molecule has 0 amide bonds. The minimum absolute atomic E-state index is 0.637. The van der Waals surface area contributed by atoms with Crippen LogP contribution < -0.4 is 5.73 Å². The topological polar surface area (TPSA) is 43.8 Å². The molecule has 0 bridgehead atoms. The number of halogens is 2. The lowest BCUT2D eigenvalue weighted by atomic mass is 10.1. The van der Waals surface area contributed by atoms with Crippen molar-refractivity contribution in [2.75, 3.05) is 5.73 Å². The molecule has 3 rings (SSSR count). The van der Waals surface area contributed by atoms with Gasteiger partial charge in [0.2, 0.25) is 0 Å². The second-order valence-corrected chi connectivity index (χ2v) is 5.72. The van der Waals surface area contributed by atoms with Gasteiger partial charge in [0.05, 0.1) is 17.6 Å². The highest BCUT2D eigenvalue weighted by Gasteiger charge is 2.10. The maximum atomic E-state index is 6.07. The molecule has 0 unspecified atom stereocenters. The lowest BCUT2D eigenvalue weighted by molar-refractivity contribution is 0.884. The van der Waals surface area contributed by atoms with Gasteiger partial charge in [-0.1, -0.05) is 39.7 Å². The van der Waals surface area contributed by atoms with Crippen molar-refractivity contribution in [1.29, 1.82) is 0 Å². The Balaban J connectivity index is 2.05. The van der Waals surface area contributed by atoms with E-state index in [4.69, 9.17) is 17.3 Å². The molecule has 20 heavy (non-hydrogen) atoms. The van der Waals surface area contributed by atoms with Crippen LogP contribution in [0.3, 0.4) is 0 Å². The van der Waals surface area contributed by atoms with E-state index in [1.165, 1.54) is 0 Å². The number of aromatic nitrogens is 2. The van der Waals surface area contributed by atoms with Gasteiger partial charge in [-0.3, -0.25) is 0 Å². The van der Waals surface area contributed by atoms with Crippen molar-refractivity contribution in [1.82, 2.24) is 9.78 Å². The van der Waals surface area contributed by atoms with Crippen molar-refractivity contribution in [3.8, 4) is 16.9 Å². The molecule has 0 saturated carbocycles. The van der Waals surface area contributed by atoms with E-state index in [1.54, 1.807) is 10.9 Å². The molecule has 3 nitrogen and oxygen atoms in total. The van der Waals surface area contributed by atoms with Crippen molar-refractivity contribution in [3.63, 3.8) is 0 Å². The van der Waals surface area contributed by atoms with Gasteiger partial charge in [0.25, 0.3) is 0 Å². The van der Waals surface area contributed by atoms with Crippen LogP contribution in [0.15, 0.2) is 59.2 Å². The third-order valence-electron chi connectivity index (χ3n) is 2.93. The van der Waals surface area contributed by atoms with Crippen LogP contribution in [0.2, 0.25) is 5.02 Å². The maximum Gasteiger partial charge on any atom is 0.116 e. The van der Waals surface area contributed by atoms with E-state index < -0.39 is 0 Å². The summed E-state index contributed by atoms with van der Waals surface area (Å²) in [6, 6.07) is 15.4. The number of anilines is 1. The van der Waals surface area contributed by atoms with E-state index in [-0.39, 0.29) is 0 Å². The average molecular weight is 349 g/mol. The van der Waals surface area contributed by atoms with Crippen LogP contribution in [0.5, 0.6) is 0 Å². The van der Waals surface area contributed by atoms with Gasteiger partial charge in [-0.15, -0.1) is 0 Å². The van der Waals surface area contributed by atoms with Crippen LogP contribution in [0.4, 0.5) is 5.69 Å². The summed E-state index contributed by atoms with van der Waals surface area (Å²) < 4.78 is 2.75. The Bertz CT molecular complexity index is 750. The normalized spacial score (nSPS) is 10.7. The number of hydrogen-bond donors (Lipinski definition) is 1. The first-order chi connectivity index (χ1) is 9.63. The summed E-state index contributed by atoms with van der Waals surface area (Å²) in [6.07, 6.45) is 1.81. The van der Waals surface area contributed by atoms with E-state index in [1.807, 2.05) is 48.5 Å². The molecule has 5 heteroatoms. The molecular weight excluding hydrogens is 338 g/mol. The van der Waals surface area contributed by atoms with Gasteiger partial charge in [-0.2, -0.15) is 5.10 Å². The summed E-state index contributed by atoms with van der Waals surface area (Å²) >= 11 is 9.34. The van der Waals surface area contributed by atoms with Gasteiger partial charge in [0, 0.05) is 15.1 Å². The lowest BCUT2D eigenvalue weighted by Crippen LogP contribution is -1.94. The number of nitrogen functional groups attached to an aromatic ring is 1. The maximum absolute atomic E-state index is 6.07. The highest BCUT2D eigenvalue weighted by Crippen LogP contribution is 2.27. The van der Waals surface area contributed by atoms with Crippen LogP contribution in [-0.2, 0) is 0 Å². The van der Waals surface area contributed by atoms with Crippen LogP contribution in [0.1, 0.15) is 0 Å². The SMILES string of the molecule is Nc1cn(-c2ccc(Cl)cc2)nc1-c1cccc(Br)c1. The second kappa shape index (κ2) is 5.31. The quantitative estimate of drug-likeness (QED) is 0.739. The molecule has 0 fully saturated rings. The first-order valence-electron chi connectivity index (χ1n) is 6.00. The molecule has 2 aromatic carbocycles. The summed E-state index contributed by atoms with van der Waals surface area (Å²) in [4.78, 5) is 0. The predicted octanol–water partition coefficient (Wildman–Crippen LogP) is 4.54. The molecule has 3 aromatic rings. The largest absolute Gasteiger partial charge is 0.396 e. The Labute approximate surface area is 130 Å². The molecule has 0 aliphatic heterocycles. The highest BCUT2D eigenvalue weighted by atomic mass is 79.9. The van der Waals surface area contributed by atoms with Crippen molar-refractivity contribution < 1.29 is 0 Å². The Morgan fingerprint density at radius 1 is 1.10 bits per heavy atom. The first-order valence-corrected chi connectivity index (χ1v) is 7.17. The number of hydrogen-bond acceptors (Lipinski definition) is 2. The average Bonchev–Trinajstić information content (AvgIpc) is 2.82. The van der Waals surface area contributed by atoms with Crippen molar-refractivity contribution >= 4 is 33.2 Å². The fraction of sp³-hybridized carbons (Fsp3) is 0. The van der Waals surface area contributed by atoms with E-state index in [9.17, 15) is 0 Å². The summed E-state index contributed by atoms with van der Waals surface area (Å²) in [5, 5.41) is 5.24. The van der Waals surface area contributed by atoms with E-state index in [0.717, 1.165) is 21.4 Å². The Morgan fingerprint density at radius 3 is 2.55 bits per heavy atom. The summed E-state index contributed by atoms with van der Waals surface area (Å²) in [5.41, 5.74) is 9.36. The van der Waals surface area contributed by atoms with Gasteiger partial charge in [-0.25, -0.2) is 4.68 Å². The van der Waals surface area contributed by atoms with Crippen LogP contribution in [0.25, 0.3) is 16.9 Å². The third-order valence-corrected chi connectivity index (χ3v) is 3.68. The molecule has 100 valence electrons. The number of benzene rings is 2. The smallest absolute Gasteiger partial charge is 0.116 e. The number of nitrogens with zero attached hydrogens (tertiary/aromatic N) is 2. The van der Waals surface area contributed by atoms with E-state index >= 15 is 0 Å². The first kappa shape index (κ1) is 13.2. The Morgan fingerprint density at radius 2 is 1.85 bits per heavy atom. The second-order valence-electron chi connectivity index (χ2n) is 4.36. The molecule has 0 aliphatic carbocycles. The van der Waals surface area contributed by atoms with Gasteiger partial charge in [0.15, 0.2) is 0 Å². The van der Waals surface area contributed by atoms with Gasteiger partial charge >= 0.3 is 0 Å². The molecular formula is C15H11BrClN3. The Hall–Kier alpha value is -1.78. The molecule has 0 aliphatic rings. The summed E-state index contributed by atoms with van der Waals surface area (Å²) in [6.45, 7) is 0. The fourth-order valence-corrected chi connectivity index (χ4v) is 2.50. The minimum Gasteiger partial charge on any atom is -0.396 e. The third kappa shape index (κ3) is 2.57. The molecule has 0 spiro atoms. The number of nitrogens with two attached hydrogens (primary N) is 1. The lowest BCUT2D eigenvalue weighted by Gasteiger charge is -2.01. The summed E-state index contributed by atoms with van der Waals surface area (Å²) in [5.74, 6) is 0. The van der Waals surface area contributed by atoms with Crippen molar-refractivity contribution in [2.24, 2.45) is 0 Å². The Kier molecular flexibility index (Phi) is 3.51. The monoisotopic (exact) mass is 347 g/mol. The minimum atomic E-state index is 0.637. The molecule has 2 N–H and O–H groups in total. The van der Waals surface area contributed by atoms with Crippen LogP contribution in [0, 0.1) is 0 Å². The van der Waals surface area contributed by atoms with Gasteiger partial charge in [-0.05, 0) is 36.4 Å². The van der Waals surface area contributed by atoms with Crippen LogP contribution >= 0.6 is 27.5 Å². The van der Waals surface area contributed by atoms with Gasteiger partial charge < -0.3 is 5.73 Å². The van der Waals surface area contributed by atoms with Crippen LogP contribution in [-0.4, -0.2) is 9.78 Å². The molecule has 0 saturated heterocycles. The van der Waals surface area contributed by atoms with Gasteiger partial charge in [0.1, 0.15) is 5.69 Å². The molecule has 1 aromatic heterocycles. The fourth-order valence-electron chi connectivity index (χ4n) is 1.97. The zero-order valence-corrected chi connectivity index (χ0v) is 12.8. The molecule has 0 atom stereocenters. The van der Waals surface area contributed by atoms with Crippen molar-refractivity contribution in [2.45, 2.75) is 0 Å². The zero-order chi connectivity index (χ0) is 14.1. The van der Waals surface area contributed by atoms with E-state index in [2.05, 4.69) is 21.0 Å². The predicted molar refractivity (Wildman–Crippen MR) is 86.1 cm³/mol. The zero-order valence-electron chi connectivity index (χ0n) is 10.4.